The van der Waals surface area contributed by atoms with Crippen molar-refractivity contribution in [1.82, 2.24) is 24.8 Å². The van der Waals surface area contributed by atoms with E-state index in [2.05, 4.69) is 27.5 Å². The molecule has 3 rings (SSSR count). The molecule has 2 aromatic heterocycles. The molecule has 0 radical (unpaired) electrons. The van der Waals surface area contributed by atoms with Crippen LogP contribution in [0, 0.1) is 0 Å². The van der Waals surface area contributed by atoms with E-state index in [1.54, 1.807) is 0 Å². The number of likely N-dealkylation sites (tertiary alicyclic amines) is 1. The van der Waals surface area contributed by atoms with Gasteiger partial charge in [0.05, 0.1) is 6.54 Å². The number of fused-ring (bicyclic) bond motifs is 1. The quantitative estimate of drug-likeness (QED) is 0.836. The number of hydrogen-bond donors (Lipinski definition) is 1. The predicted octanol–water partition coefficient (Wildman–Crippen LogP) is 0.523. The fourth-order valence-corrected chi connectivity index (χ4v) is 2.35. The Morgan fingerprint density at radius 2 is 2.35 bits per heavy atom. The van der Waals surface area contributed by atoms with Crippen molar-refractivity contribution < 1.29 is 0 Å². The maximum Gasteiger partial charge on any atom is 0.160 e. The molecule has 5 nitrogen and oxygen atoms in total. The molecule has 0 saturated carbocycles. The molecule has 0 spiro atoms. The van der Waals surface area contributed by atoms with Crippen molar-refractivity contribution in [3.8, 4) is 0 Å². The number of nitrogens with zero attached hydrogens (tertiary/aromatic N) is 4. The molecule has 90 valence electrons. The van der Waals surface area contributed by atoms with Crippen LogP contribution in [-0.4, -0.2) is 45.7 Å². The number of hydrogen-bond acceptors (Lipinski definition) is 4. The van der Waals surface area contributed by atoms with Gasteiger partial charge in [-0.3, -0.25) is 4.40 Å². The minimum absolute atomic E-state index is 0.580. The van der Waals surface area contributed by atoms with Gasteiger partial charge in [-0.25, -0.2) is 0 Å². The van der Waals surface area contributed by atoms with Crippen LogP contribution in [0.1, 0.15) is 12.2 Å². The van der Waals surface area contributed by atoms with Gasteiger partial charge in [-0.1, -0.05) is 6.07 Å². The minimum atomic E-state index is 0.580. The molecule has 1 fully saturated rings. The molecule has 1 N–H and O–H groups in total. The largest absolute Gasteiger partial charge is 0.306 e. The van der Waals surface area contributed by atoms with Crippen molar-refractivity contribution in [1.29, 1.82) is 0 Å². The third-order valence-corrected chi connectivity index (χ3v) is 3.32. The summed E-state index contributed by atoms with van der Waals surface area (Å²) in [6.07, 6.45) is 3.22. The average molecular weight is 231 g/mol. The zero-order chi connectivity index (χ0) is 11.7. The smallest absolute Gasteiger partial charge is 0.160 e. The van der Waals surface area contributed by atoms with Crippen LogP contribution >= 0.6 is 0 Å². The predicted molar refractivity (Wildman–Crippen MR) is 65.7 cm³/mol. The van der Waals surface area contributed by atoms with Crippen molar-refractivity contribution in [2.45, 2.75) is 19.0 Å². The molecule has 1 atom stereocenters. The van der Waals surface area contributed by atoms with Crippen LogP contribution in [0.4, 0.5) is 0 Å². The molecular formula is C12H17N5. The lowest BCUT2D eigenvalue weighted by molar-refractivity contribution is 0.396. The summed E-state index contributed by atoms with van der Waals surface area (Å²) < 4.78 is 2.03. The van der Waals surface area contributed by atoms with E-state index in [-0.39, 0.29) is 0 Å². The minimum Gasteiger partial charge on any atom is -0.306 e. The Labute approximate surface area is 100 Å². The molecule has 1 saturated heterocycles. The Balaban J connectivity index is 1.69. The van der Waals surface area contributed by atoms with Crippen molar-refractivity contribution in [3.05, 3.63) is 30.2 Å². The Morgan fingerprint density at radius 3 is 3.18 bits per heavy atom. The van der Waals surface area contributed by atoms with Crippen molar-refractivity contribution in [2.75, 3.05) is 20.1 Å². The molecule has 0 bridgehead atoms. The summed E-state index contributed by atoms with van der Waals surface area (Å²) >= 11 is 0. The highest BCUT2D eigenvalue weighted by Crippen LogP contribution is 2.08. The van der Waals surface area contributed by atoms with Gasteiger partial charge in [0.2, 0.25) is 0 Å². The van der Waals surface area contributed by atoms with Crippen LogP contribution in [0.3, 0.4) is 0 Å². The number of nitrogens with one attached hydrogen (secondary N) is 1. The molecule has 0 amide bonds. The summed E-state index contributed by atoms with van der Waals surface area (Å²) in [5.74, 6) is 0.982. The van der Waals surface area contributed by atoms with Gasteiger partial charge in [0, 0.05) is 18.8 Å². The van der Waals surface area contributed by atoms with Gasteiger partial charge in [0.15, 0.2) is 11.5 Å². The fraction of sp³-hybridized carbons (Fsp3) is 0.500. The maximum atomic E-state index is 4.21. The summed E-state index contributed by atoms with van der Waals surface area (Å²) in [5, 5.41) is 11.9. The zero-order valence-corrected chi connectivity index (χ0v) is 10.0. The van der Waals surface area contributed by atoms with Crippen LogP contribution in [0.15, 0.2) is 24.4 Å². The zero-order valence-electron chi connectivity index (χ0n) is 10.0. The van der Waals surface area contributed by atoms with Crippen LogP contribution in [0.2, 0.25) is 0 Å². The average Bonchev–Trinajstić information content (AvgIpc) is 2.93. The lowest BCUT2D eigenvalue weighted by Gasteiger charge is -2.11. The number of pyridine rings is 1. The van der Waals surface area contributed by atoms with Gasteiger partial charge < -0.3 is 10.2 Å². The number of aromatic nitrogens is 3. The second-order valence-electron chi connectivity index (χ2n) is 4.67. The normalized spacial score (nSPS) is 21.4. The summed E-state index contributed by atoms with van der Waals surface area (Å²) in [7, 11) is 2.16. The molecule has 1 aliphatic rings. The van der Waals surface area contributed by atoms with Crippen LogP contribution in [-0.2, 0) is 6.54 Å². The van der Waals surface area contributed by atoms with Gasteiger partial charge >= 0.3 is 0 Å². The third kappa shape index (κ3) is 2.16. The molecular weight excluding hydrogens is 214 g/mol. The summed E-state index contributed by atoms with van der Waals surface area (Å²) in [4.78, 5) is 2.35. The highest BCUT2D eigenvalue weighted by molar-refractivity contribution is 5.36. The van der Waals surface area contributed by atoms with Gasteiger partial charge in [-0.15, -0.1) is 10.2 Å². The van der Waals surface area contributed by atoms with Gasteiger partial charge in [-0.05, 0) is 32.1 Å². The Bertz CT molecular complexity index is 506. The summed E-state index contributed by atoms with van der Waals surface area (Å²) in [5.41, 5.74) is 0.910. The lowest BCUT2D eigenvalue weighted by atomic mass is 10.2. The first-order valence-electron chi connectivity index (χ1n) is 6.03. The lowest BCUT2D eigenvalue weighted by Crippen LogP contribution is -2.31. The highest BCUT2D eigenvalue weighted by Gasteiger charge is 2.19. The molecule has 0 aromatic carbocycles. The molecule has 2 aromatic rings. The van der Waals surface area contributed by atoms with Crippen LogP contribution in [0.25, 0.3) is 5.65 Å². The first kappa shape index (κ1) is 10.7. The molecule has 0 aliphatic carbocycles. The maximum absolute atomic E-state index is 4.21. The number of likely N-dealkylation sites (N-methyl/N-ethyl adjacent to an activating group) is 1. The van der Waals surface area contributed by atoms with Crippen molar-refractivity contribution >= 4 is 5.65 Å². The van der Waals surface area contributed by atoms with Gasteiger partial charge in [0.25, 0.3) is 0 Å². The van der Waals surface area contributed by atoms with Crippen LogP contribution in [0.5, 0.6) is 0 Å². The molecule has 5 heteroatoms. The van der Waals surface area contributed by atoms with Gasteiger partial charge in [-0.2, -0.15) is 0 Å². The van der Waals surface area contributed by atoms with E-state index in [1.165, 1.54) is 13.0 Å². The number of rotatable bonds is 3. The summed E-state index contributed by atoms with van der Waals surface area (Å²) in [6.45, 7) is 3.08. The van der Waals surface area contributed by atoms with Gasteiger partial charge in [0.1, 0.15) is 0 Å². The summed E-state index contributed by atoms with van der Waals surface area (Å²) in [6, 6.07) is 6.53. The first-order chi connectivity index (χ1) is 8.33. The molecule has 1 unspecified atom stereocenters. The van der Waals surface area contributed by atoms with E-state index in [9.17, 15) is 0 Å². The first-order valence-corrected chi connectivity index (χ1v) is 6.03. The van der Waals surface area contributed by atoms with Crippen LogP contribution < -0.4 is 5.32 Å². The Morgan fingerprint density at radius 1 is 1.41 bits per heavy atom. The van der Waals surface area contributed by atoms with E-state index in [0.29, 0.717) is 6.04 Å². The molecule has 3 heterocycles. The molecule has 17 heavy (non-hydrogen) atoms. The van der Waals surface area contributed by atoms with E-state index < -0.39 is 0 Å². The Kier molecular flexibility index (Phi) is 2.78. The van der Waals surface area contributed by atoms with E-state index in [1.807, 2.05) is 28.8 Å². The highest BCUT2D eigenvalue weighted by atomic mass is 15.3. The van der Waals surface area contributed by atoms with E-state index in [0.717, 1.165) is 24.6 Å². The monoisotopic (exact) mass is 231 g/mol. The standard InChI is InChI=1S/C12H17N5/c1-16-7-5-10(9-16)13-8-12-15-14-11-4-2-3-6-17(11)12/h2-4,6,10,13H,5,7-9H2,1H3. The SMILES string of the molecule is CN1CCC(NCc2nnc3ccccn23)C1. The third-order valence-electron chi connectivity index (χ3n) is 3.32. The van der Waals surface area contributed by atoms with E-state index >= 15 is 0 Å². The molecule has 1 aliphatic heterocycles. The van der Waals surface area contributed by atoms with E-state index in [4.69, 9.17) is 0 Å². The Hall–Kier alpha value is -1.46. The van der Waals surface area contributed by atoms with Crippen molar-refractivity contribution in [2.24, 2.45) is 0 Å². The fourth-order valence-electron chi connectivity index (χ4n) is 2.35. The second kappa shape index (κ2) is 4.43. The van der Waals surface area contributed by atoms with Crippen molar-refractivity contribution in [3.63, 3.8) is 0 Å². The topological polar surface area (TPSA) is 45.5 Å². The second-order valence-corrected chi connectivity index (χ2v) is 4.67.